The normalized spacial score (nSPS) is 23.7. The lowest BCUT2D eigenvalue weighted by molar-refractivity contribution is -0.126. The predicted octanol–water partition coefficient (Wildman–Crippen LogP) is 6.51. The summed E-state index contributed by atoms with van der Waals surface area (Å²) >= 11 is 4.91. The van der Waals surface area contributed by atoms with Crippen LogP contribution in [0.3, 0.4) is 0 Å². The molecule has 3 aromatic rings. The van der Waals surface area contributed by atoms with Gasteiger partial charge < -0.3 is 9.47 Å². The number of fused-ring (bicyclic) bond motifs is 2. The van der Waals surface area contributed by atoms with E-state index in [0.29, 0.717) is 39.9 Å². The molecule has 220 valence electrons. The van der Waals surface area contributed by atoms with Crippen LogP contribution in [0, 0.1) is 17.3 Å². The number of nitrogens with zero attached hydrogens (tertiary/aromatic N) is 2. The molecule has 42 heavy (non-hydrogen) atoms. The molecular weight excluding hydrogens is 620 g/mol. The molecule has 3 aliphatic rings. The molecule has 0 unspecified atom stereocenters. The van der Waals surface area contributed by atoms with Crippen molar-refractivity contribution in [3.05, 3.63) is 74.6 Å². The Kier molecular flexibility index (Phi) is 7.43. The summed E-state index contributed by atoms with van der Waals surface area (Å²) in [5, 5.41) is 1.97. The number of para-hydroxylation sites is 1. The van der Waals surface area contributed by atoms with Crippen molar-refractivity contribution in [2.75, 3.05) is 24.2 Å². The minimum atomic E-state index is -1.07. The molecule has 4 atom stereocenters. The van der Waals surface area contributed by atoms with Gasteiger partial charge in [0, 0.05) is 14.9 Å². The summed E-state index contributed by atoms with van der Waals surface area (Å²) in [6.45, 7) is 6.66. The average Bonchev–Trinajstić information content (AvgIpc) is 3.62. The third kappa shape index (κ3) is 4.64. The Morgan fingerprint density at radius 3 is 2.48 bits per heavy atom. The van der Waals surface area contributed by atoms with Gasteiger partial charge in [0.05, 0.1) is 31.5 Å². The standard InChI is InChI=1S/C32H33BrN2O6S/c1-32(2,3)17-11-13-20-23(15-17)42-30(24(20)31(38)40-5)34-28(36)25-26(21-16-18(33)12-14-22(21)39-4)35(41-27(25)29(34)37)19-9-7-6-8-10-19/h6-10,12,14,16-17,25-27H,11,13,15H2,1-5H3/t17-,25+,26-,27-/m1/s1. The van der Waals surface area contributed by atoms with Crippen LogP contribution in [-0.2, 0) is 32.0 Å². The Balaban J connectivity index is 1.46. The number of anilines is 2. The number of methoxy groups -OCH3 is 2. The van der Waals surface area contributed by atoms with E-state index in [4.69, 9.17) is 14.3 Å². The van der Waals surface area contributed by atoms with Gasteiger partial charge in [0.2, 0.25) is 5.91 Å². The zero-order valence-corrected chi connectivity index (χ0v) is 26.6. The summed E-state index contributed by atoms with van der Waals surface area (Å²) < 4.78 is 11.7. The summed E-state index contributed by atoms with van der Waals surface area (Å²) in [5.74, 6) is -1.31. The molecule has 0 saturated carbocycles. The number of hydroxylamine groups is 1. The fourth-order valence-corrected chi connectivity index (χ4v) is 8.25. The lowest BCUT2D eigenvalue weighted by Gasteiger charge is -2.33. The highest BCUT2D eigenvalue weighted by atomic mass is 79.9. The van der Waals surface area contributed by atoms with Gasteiger partial charge in [0.25, 0.3) is 5.91 Å². The van der Waals surface area contributed by atoms with Crippen molar-refractivity contribution in [3.8, 4) is 5.75 Å². The van der Waals surface area contributed by atoms with E-state index in [2.05, 4.69) is 36.7 Å². The van der Waals surface area contributed by atoms with Gasteiger partial charge in [-0.3, -0.25) is 14.4 Å². The molecule has 10 heteroatoms. The number of ether oxygens (including phenoxy) is 2. The number of hydrogen-bond acceptors (Lipinski definition) is 8. The van der Waals surface area contributed by atoms with Crippen LogP contribution in [0.25, 0.3) is 0 Å². The summed E-state index contributed by atoms with van der Waals surface area (Å²) in [7, 11) is 2.90. The van der Waals surface area contributed by atoms with Crippen LogP contribution in [0.2, 0.25) is 0 Å². The van der Waals surface area contributed by atoms with Gasteiger partial charge in [-0.25, -0.2) is 14.8 Å². The molecular formula is C32H33BrN2O6S. The van der Waals surface area contributed by atoms with Crippen molar-refractivity contribution in [1.82, 2.24) is 0 Å². The van der Waals surface area contributed by atoms with Gasteiger partial charge >= 0.3 is 5.97 Å². The van der Waals surface area contributed by atoms with Crippen molar-refractivity contribution in [2.24, 2.45) is 17.3 Å². The molecule has 2 saturated heterocycles. The predicted molar refractivity (Wildman–Crippen MR) is 164 cm³/mol. The Labute approximate surface area is 257 Å². The maximum atomic E-state index is 14.4. The van der Waals surface area contributed by atoms with Gasteiger partial charge in [-0.1, -0.05) is 54.9 Å². The minimum absolute atomic E-state index is 0.0918. The van der Waals surface area contributed by atoms with Crippen LogP contribution in [0.4, 0.5) is 10.7 Å². The van der Waals surface area contributed by atoms with E-state index < -0.39 is 35.8 Å². The first-order chi connectivity index (χ1) is 20.0. The molecule has 2 aromatic carbocycles. The van der Waals surface area contributed by atoms with Crippen molar-refractivity contribution >= 4 is 55.7 Å². The third-order valence-corrected chi connectivity index (χ3v) is 10.4. The molecule has 3 heterocycles. The van der Waals surface area contributed by atoms with Crippen molar-refractivity contribution < 1.29 is 28.7 Å². The van der Waals surface area contributed by atoms with Gasteiger partial charge in [-0.15, -0.1) is 11.3 Å². The molecule has 2 aliphatic heterocycles. The smallest absolute Gasteiger partial charge is 0.341 e. The summed E-state index contributed by atoms with van der Waals surface area (Å²) in [6.07, 6.45) is 1.33. The van der Waals surface area contributed by atoms with E-state index in [0.717, 1.165) is 27.8 Å². The maximum absolute atomic E-state index is 14.4. The molecule has 2 fully saturated rings. The second-order valence-corrected chi connectivity index (χ2v) is 14.0. The topological polar surface area (TPSA) is 85.4 Å². The highest BCUT2D eigenvalue weighted by molar-refractivity contribution is 9.10. The highest BCUT2D eigenvalue weighted by Crippen LogP contribution is 2.52. The van der Waals surface area contributed by atoms with Crippen LogP contribution in [0.1, 0.15) is 59.6 Å². The second kappa shape index (κ2) is 10.8. The highest BCUT2D eigenvalue weighted by Gasteiger charge is 2.61. The number of amides is 2. The number of carbonyl (C=O) groups excluding carboxylic acids is 3. The van der Waals surface area contributed by atoms with E-state index >= 15 is 0 Å². The van der Waals surface area contributed by atoms with Crippen molar-refractivity contribution in [1.29, 1.82) is 0 Å². The molecule has 2 amide bonds. The fraction of sp³-hybridized carbons (Fsp3) is 0.406. The van der Waals surface area contributed by atoms with Crippen LogP contribution >= 0.6 is 27.3 Å². The zero-order valence-electron chi connectivity index (χ0n) is 24.2. The lowest BCUT2D eigenvalue weighted by atomic mass is 9.72. The third-order valence-electron chi connectivity index (χ3n) is 8.70. The van der Waals surface area contributed by atoms with Gasteiger partial charge in [-0.2, -0.15) is 0 Å². The number of hydrogen-bond donors (Lipinski definition) is 0. The molecule has 1 aromatic heterocycles. The van der Waals surface area contributed by atoms with Gasteiger partial charge in [0.1, 0.15) is 16.7 Å². The largest absolute Gasteiger partial charge is 0.496 e. The fourth-order valence-electron chi connectivity index (χ4n) is 6.45. The number of esters is 1. The molecule has 0 radical (unpaired) electrons. The van der Waals surface area contributed by atoms with E-state index in [1.165, 1.54) is 23.3 Å². The maximum Gasteiger partial charge on any atom is 0.341 e. The number of benzene rings is 2. The number of halogens is 1. The van der Waals surface area contributed by atoms with Crippen LogP contribution in [0.5, 0.6) is 5.75 Å². The lowest BCUT2D eigenvalue weighted by Crippen LogP contribution is -2.37. The first kappa shape index (κ1) is 28.9. The molecule has 0 spiro atoms. The van der Waals surface area contributed by atoms with E-state index in [-0.39, 0.29) is 5.41 Å². The number of carbonyl (C=O) groups is 3. The molecule has 8 nitrogen and oxygen atoms in total. The summed E-state index contributed by atoms with van der Waals surface area (Å²) in [6, 6.07) is 14.3. The SMILES string of the molecule is COC(=O)c1c(N2C(=O)[C@H]3[C@@H](c4cc(Br)ccc4OC)N(c4ccccc4)O[C@H]3C2=O)sc2c1CC[C@@H](C(C)(C)C)C2. The Morgan fingerprint density at radius 2 is 1.81 bits per heavy atom. The van der Waals surface area contributed by atoms with Crippen molar-refractivity contribution in [3.63, 3.8) is 0 Å². The number of thiophene rings is 1. The second-order valence-electron chi connectivity index (χ2n) is 12.0. The van der Waals surface area contributed by atoms with E-state index in [1.54, 1.807) is 12.2 Å². The van der Waals surface area contributed by atoms with Crippen LogP contribution in [0.15, 0.2) is 53.0 Å². The number of imide groups is 1. The summed E-state index contributed by atoms with van der Waals surface area (Å²) in [5.41, 5.74) is 2.72. The number of rotatable bonds is 5. The van der Waals surface area contributed by atoms with E-state index in [9.17, 15) is 14.4 Å². The van der Waals surface area contributed by atoms with E-state index in [1.807, 2.05) is 48.5 Å². The Bertz CT molecular complexity index is 1560. The van der Waals surface area contributed by atoms with Crippen LogP contribution < -0.4 is 14.7 Å². The van der Waals surface area contributed by atoms with Crippen molar-refractivity contribution in [2.45, 2.75) is 52.2 Å². The molecule has 0 N–H and O–H groups in total. The first-order valence-electron chi connectivity index (χ1n) is 14.0. The molecule has 1 aliphatic carbocycles. The van der Waals surface area contributed by atoms with Gasteiger partial charge in [-0.05, 0) is 66.5 Å². The molecule has 6 rings (SSSR count). The molecule has 0 bridgehead atoms. The monoisotopic (exact) mass is 652 g/mol. The minimum Gasteiger partial charge on any atom is -0.496 e. The summed E-state index contributed by atoms with van der Waals surface area (Å²) in [4.78, 5) is 50.3. The Hall–Kier alpha value is -3.21. The van der Waals surface area contributed by atoms with Gasteiger partial charge in [0.15, 0.2) is 6.10 Å². The quantitative estimate of drug-likeness (QED) is 0.229. The Morgan fingerprint density at radius 1 is 1.07 bits per heavy atom. The average molecular weight is 654 g/mol. The zero-order chi connectivity index (χ0) is 29.9. The first-order valence-corrected chi connectivity index (χ1v) is 15.6. The van der Waals surface area contributed by atoms with Crippen LogP contribution in [-0.4, -0.2) is 38.1 Å².